The Morgan fingerprint density at radius 3 is 0.564 bits per heavy atom. The Hall–Kier alpha value is -9.89. The lowest BCUT2D eigenvalue weighted by Crippen LogP contribution is -2.29. The third-order valence-electron chi connectivity index (χ3n) is 13.3. The first-order valence-corrected chi connectivity index (χ1v) is 41.0. The molecule has 0 spiro atoms. The van der Waals surface area contributed by atoms with E-state index < -0.39 is 5.60 Å². The van der Waals surface area contributed by atoms with Crippen LogP contribution in [0.1, 0.15) is 266 Å². The molecule has 1 atom stereocenters. The van der Waals surface area contributed by atoms with Gasteiger partial charge in [-0.1, -0.05) is 604 Å². The van der Waals surface area contributed by atoms with E-state index in [0.717, 1.165) is 16.7 Å². The number of esters is 1. The average molecular weight is 1490 g/mol. The van der Waals surface area contributed by atoms with E-state index in [0.29, 0.717) is 5.56 Å². The lowest BCUT2D eigenvalue weighted by molar-refractivity contribution is 0.0251. The molecule has 110 heavy (non-hydrogen) atoms. The van der Waals surface area contributed by atoms with Crippen molar-refractivity contribution in [3.8, 4) is 0 Å². The van der Waals surface area contributed by atoms with Gasteiger partial charge in [0.1, 0.15) is 0 Å². The molecule has 0 saturated carbocycles. The van der Waals surface area contributed by atoms with Crippen LogP contribution in [0.5, 0.6) is 0 Å². The maximum atomic E-state index is 12.4. The minimum absolute atomic E-state index is 0. The number of rotatable bonds is 3. The van der Waals surface area contributed by atoms with Gasteiger partial charge in [0, 0.05) is 22.1 Å². The molecule has 0 fully saturated rings. The van der Waals surface area contributed by atoms with E-state index in [9.17, 15) is 4.79 Å². The summed E-state index contributed by atoms with van der Waals surface area (Å²) in [4.78, 5) is 12.4. The van der Waals surface area contributed by atoms with Gasteiger partial charge >= 0.3 is 5.97 Å². The van der Waals surface area contributed by atoms with Gasteiger partial charge in [-0.2, -0.15) is 0 Å². The fraction of sp³-hybridized carbons (Fsp3) is 0.324. The zero-order valence-electron chi connectivity index (χ0n) is 73.6. The number of hydrogen-bond acceptors (Lipinski definition) is 2. The monoisotopic (exact) mass is 1490 g/mol. The Balaban J connectivity index is -0.000000128. The molecule has 0 aromatic heterocycles. The van der Waals surface area contributed by atoms with Crippen molar-refractivity contribution in [3.05, 3.63) is 433 Å². The van der Waals surface area contributed by atoms with E-state index in [-0.39, 0.29) is 31.7 Å². The van der Waals surface area contributed by atoms with Crippen LogP contribution in [0.25, 0.3) is 0 Å². The van der Waals surface area contributed by atoms with Crippen LogP contribution in [0, 0.1) is 0 Å². The van der Waals surface area contributed by atoms with Gasteiger partial charge in [-0.15, -0.1) is 0 Å². The number of ether oxygens (including phenoxy) is 1. The maximum absolute atomic E-state index is 12.4. The molecule has 2 aliphatic rings. The molecular formula is C108H162O2. The molecule has 0 radical (unpaired) electrons. The smallest absolute Gasteiger partial charge is 0.340 e. The summed E-state index contributed by atoms with van der Waals surface area (Å²) >= 11 is 0. The molecule has 14 rings (SSSR count). The summed E-state index contributed by atoms with van der Waals surface area (Å²) in [5, 5.41) is 0. The molecule has 1 aliphatic carbocycles. The molecular weight excluding hydrogens is 1330 g/mol. The largest absolute Gasteiger partial charge is 0.441 e. The molecule has 2 heteroatoms. The number of carbonyl (C=O) groups is 1. The third-order valence-corrected chi connectivity index (χ3v) is 13.3. The van der Waals surface area contributed by atoms with E-state index in [1.165, 1.54) is 23.1 Å². The van der Waals surface area contributed by atoms with Crippen LogP contribution >= 0.6 is 0 Å². The van der Waals surface area contributed by atoms with Crippen molar-refractivity contribution in [1.82, 2.24) is 0 Å². The Bertz CT molecular complexity index is 2880. The molecule has 2 nitrogen and oxygen atoms in total. The molecule has 0 saturated heterocycles. The Morgan fingerprint density at radius 1 is 0.200 bits per heavy atom. The van der Waals surface area contributed by atoms with Gasteiger partial charge in [-0.25, -0.2) is 4.79 Å². The number of fused-ring (bicyclic) bond motifs is 2. The van der Waals surface area contributed by atoms with Crippen molar-refractivity contribution >= 4 is 5.97 Å². The summed E-state index contributed by atoms with van der Waals surface area (Å²) in [6.45, 7) is 59.1. The van der Waals surface area contributed by atoms with Gasteiger partial charge in [-0.3, -0.25) is 0 Å². The zero-order chi connectivity index (χ0) is 83.5. The molecule has 0 amide bonds. The van der Waals surface area contributed by atoms with Crippen molar-refractivity contribution in [2.24, 2.45) is 0 Å². The van der Waals surface area contributed by atoms with Gasteiger partial charge in [0.25, 0.3) is 0 Å². The molecule has 1 aliphatic heterocycles. The summed E-state index contributed by atoms with van der Waals surface area (Å²) in [5.74, 6) is -0.275. The highest BCUT2D eigenvalue weighted by atomic mass is 16.6. The fourth-order valence-electron chi connectivity index (χ4n) is 9.54. The van der Waals surface area contributed by atoms with Crippen LogP contribution < -0.4 is 0 Å². The van der Waals surface area contributed by atoms with Gasteiger partial charge in [-0.05, 0) is 34.6 Å². The van der Waals surface area contributed by atoms with Crippen LogP contribution in [0.15, 0.2) is 394 Å². The molecule has 1 unspecified atom stereocenters. The fourth-order valence-corrected chi connectivity index (χ4v) is 9.54. The minimum atomic E-state index is -0.865. The molecule has 0 bridgehead atoms. The summed E-state index contributed by atoms with van der Waals surface area (Å²) in [6.07, 6.45) is 1.18. The van der Waals surface area contributed by atoms with E-state index >= 15 is 0 Å². The quantitative estimate of drug-likeness (QED) is 0.165. The summed E-state index contributed by atoms with van der Waals surface area (Å²) < 4.78 is 5.95. The van der Waals surface area contributed by atoms with Crippen LogP contribution in [0.4, 0.5) is 0 Å². The lowest BCUT2D eigenvalue weighted by Gasteiger charge is -2.30. The van der Waals surface area contributed by atoms with Crippen molar-refractivity contribution in [1.29, 1.82) is 0 Å². The Labute approximate surface area is 683 Å². The van der Waals surface area contributed by atoms with Crippen LogP contribution in [-0.2, 0) is 21.2 Å². The maximum Gasteiger partial charge on any atom is 0.340 e. The van der Waals surface area contributed by atoms with Crippen LogP contribution in [-0.4, -0.2) is 5.97 Å². The van der Waals surface area contributed by atoms with E-state index in [1.807, 2.05) is 520 Å². The highest BCUT2D eigenvalue weighted by molar-refractivity contribution is 5.96. The summed E-state index contributed by atoms with van der Waals surface area (Å²) in [6, 6.07) is 131. The second-order valence-corrected chi connectivity index (χ2v) is 19.7. The van der Waals surface area contributed by atoms with Gasteiger partial charge in [0.05, 0.1) is 5.56 Å². The van der Waals surface area contributed by atoms with E-state index in [2.05, 4.69) is 75.4 Å². The van der Waals surface area contributed by atoms with Gasteiger partial charge in [0.15, 0.2) is 5.60 Å². The summed E-state index contributed by atoms with van der Waals surface area (Å²) in [5.41, 5.74) is 7.45. The Morgan fingerprint density at radius 2 is 0.355 bits per heavy atom. The van der Waals surface area contributed by atoms with E-state index in [1.54, 1.807) is 0 Å². The molecule has 606 valence electrons. The third kappa shape index (κ3) is 55.5. The first-order valence-electron chi connectivity index (χ1n) is 41.0. The average Bonchev–Trinajstić information content (AvgIpc) is 1.58. The van der Waals surface area contributed by atoms with Crippen LogP contribution in [0.2, 0.25) is 0 Å². The highest BCUT2D eigenvalue weighted by Gasteiger charge is 2.48. The predicted molar refractivity (Wildman–Crippen MR) is 508 cm³/mol. The molecule has 1 heterocycles. The SMILES string of the molecule is C.C.CC.CC.CC.CC.CC.CC.CC.CC.CC.CC.CC.CC.CC.CC1(C)CC(C)(c2ccccc2)c2ccccc21.O=C1OC(c2ccccc2)(c2ccccc2)c2ccccc21.c1ccccc1.c1ccccc1.c1ccccc1.c1ccccc1.c1ccccc1.c1ccccc1.c1ccccc1. The standard InChI is InChI=1S/C20H14O2.C18H20.7C6H6.13C2H6.2CH4/c21-19-17-13-7-8-14-18(17)20(22-19,15-9-3-1-4-10-15)16-11-5-2-6-12-16;1-17(2)13-18(3,14-9-5-4-6-10-14)16-12-8-7-11-15(16)17;7*1-2-4-6-5-3-1;13*1-2;;/h1-14H;4-12H,13H2,1-3H3;7*1-6H;13*1-2H3;2*1H4. The lowest BCUT2D eigenvalue weighted by atomic mass is 9.75. The normalized spacial score (nSPS) is 10.9. The first-order chi connectivity index (χ1) is 53.4. The van der Waals surface area contributed by atoms with Crippen molar-refractivity contribution in [3.63, 3.8) is 0 Å². The van der Waals surface area contributed by atoms with Crippen molar-refractivity contribution in [2.45, 2.75) is 238 Å². The van der Waals surface area contributed by atoms with Crippen molar-refractivity contribution < 1.29 is 9.53 Å². The Kier molecular flexibility index (Phi) is 107. The van der Waals surface area contributed by atoms with E-state index in [4.69, 9.17) is 4.74 Å². The molecule has 0 N–H and O–H groups in total. The minimum Gasteiger partial charge on any atom is -0.441 e. The first kappa shape index (κ1) is 121. The second kappa shape index (κ2) is 97.1. The topological polar surface area (TPSA) is 26.3 Å². The number of benzene rings is 12. The second-order valence-electron chi connectivity index (χ2n) is 19.7. The summed E-state index contributed by atoms with van der Waals surface area (Å²) in [7, 11) is 0. The van der Waals surface area contributed by atoms with Crippen molar-refractivity contribution in [2.75, 3.05) is 0 Å². The number of carbonyl (C=O) groups excluding carboxylic acids is 1. The van der Waals surface area contributed by atoms with Gasteiger partial charge < -0.3 is 4.74 Å². The van der Waals surface area contributed by atoms with Gasteiger partial charge in [0.2, 0.25) is 0 Å². The highest BCUT2D eigenvalue weighted by Crippen LogP contribution is 2.52. The van der Waals surface area contributed by atoms with Crippen LogP contribution in [0.3, 0.4) is 0 Å². The number of cyclic esters (lactones) is 1. The zero-order valence-corrected chi connectivity index (χ0v) is 73.6. The molecule has 12 aromatic carbocycles. The molecule has 12 aromatic rings. The predicted octanol–water partition coefficient (Wildman–Crippen LogP) is 35.2. The number of hydrogen-bond donors (Lipinski definition) is 0.